The molecule has 2 amide bonds. The van der Waals surface area contributed by atoms with Gasteiger partial charge in [0, 0.05) is 11.4 Å². The van der Waals surface area contributed by atoms with Crippen molar-refractivity contribution in [2.75, 3.05) is 0 Å². The highest BCUT2D eigenvalue weighted by molar-refractivity contribution is 6.30. The Labute approximate surface area is 123 Å². The first-order chi connectivity index (χ1) is 9.26. The Morgan fingerprint density at radius 1 is 1.25 bits per heavy atom. The van der Waals surface area contributed by atoms with Crippen molar-refractivity contribution in [2.45, 2.75) is 45.8 Å². The molecule has 0 fully saturated rings. The molecule has 0 atom stereocenters. The van der Waals surface area contributed by atoms with Gasteiger partial charge in [-0.2, -0.15) is 0 Å². The minimum absolute atomic E-state index is 0.216. The second-order valence-electron chi connectivity index (χ2n) is 5.87. The summed E-state index contributed by atoms with van der Waals surface area (Å²) in [7, 11) is 0. The van der Waals surface area contributed by atoms with Crippen LogP contribution in [0, 0.1) is 0 Å². The van der Waals surface area contributed by atoms with E-state index in [-0.39, 0.29) is 18.9 Å². The Hall–Kier alpha value is -1.55. The van der Waals surface area contributed by atoms with Crippen LogP contribution in [0.25, 0.3) is 0 Å². The molecule has 0 aliphatic carbocycles. The zero-order chi connectivity index (χ0) is 14.9. The van der Waals surface area contributed by atoms with Crippen molar-refractivity contribution in [3.05, 3.63) is 34.3 Å². The maximum atomic E-state index is 12.1. The van der Waals surface area contributed by atoms with Crippen molar-refractivity contribution < 1.29 is 14.3 Å². The molecule has 0 N–H and O–H groups in total. The van der Waals surface area contributed by atoms with Gasteiger partial charge in [0.05, 0.1) is 6.54 Å². The normalized spacial score (nSPS) is 15.6. The minimum Gasteiger partial charge on any atom is -0.443 e. The third-order valence-corrected chi connectivity index (χ3v) is 3.26. The maximum absolute atomic E-state index is 12.1. The lowest BCUT2D eigenvalue weighted by Crippen LogP contribution is -2.39. The molecule has 1 aliphatic heterocycles. The Bertz CT molecular complexity index is 549. The van der Waals surface area contributed by atoms with Crippen LogP contribution in [0.4, 0.5) is 4.79 Å². The first kappa shape index (κ1) is 14.9. The zero-order valence-corrected chi connectivity index (χ0v) is 12.7. The Morgan fingerprint density at radius 2 is 1.95 bits per heavy atom. The highest BCUT2D eigenvalue weighted by Gasteiger charge is 2.29. The van der Waals surface area contributed by atoms with Gasteiger partial charge >= 0.3 is 6.09 Å². The number of halogens is 1. The first-order valence-electron chi connectivity index (χ1n) is 6.57. The molecule has 0 bridgehead atoms. The largest absolute Gasteiger partial charge is 0.443 e. The molecule has 5 heteroatoms. The molecule has 0 spiro atoms. The number of fused-ring (bicyclic) bond motifs is 1. The average molecular weight is 296 g/mol. The monoisotopic (exact) mass is 295 g/mol. The third kappa shape index (κ3) is 3.51. The molecule has 1 aromatic rings. The van der Waals surface area contributed by atoms with Gasteiger partial charge in [0.1, 0.15) is 5.60 Å². The van der Waals surface area contributed by atoms with Crippen LogP contribution in [0.3, 0.4) is 0 Å². The summed E-state index contributed by atoms with van der Waals surface area (Å²) < 4.78 is 5.28. The standard InChI is InChI=1S/C15H18ClNO3/c1-15(2,3)20-14(19)17-9-11-4-6-12(16)8-10(11)5-7-13(17)18/h4,6,8H,5,7,9H2,1-3H3. The predicted molar refractivity (Wildman–Crippen MR) is 76.6 cm³/mol. The van der Waals surface area contributed by atoms with Crippen molar-refractivity contribution in [3.8, 4) is 0 Å². The van der Waals surface area contributed by atoms with Gasteiger partial charge < -0.3 is 4.74 Å². The lowest BCUT2D eigenvalue weighted by atomic mass is 10.0. The van der Waals surface area contributed by atoms with Gasteiger partial charge in [-0.15, -0.1) is 0 Å². The van der Waals surface area contributed by atoms with E-state index in [4.69, 9.17) is 16.3 Å². The highest BCUT2D eigenvalue weighted by atomic mass is 35.5. The molecule has 0 aromatic heterocycles. The maximum Gasteiger partial charge on any atom is 0.417 e. The van der Waals surface area contributed by atoms with Crippen LogP contribution in [0.2, 0.25) is 5.02 Å². The molecular weight excluding hydrogens is 278 g/mol. The van der Waals surface area contributed by atoms with E-state index in [1.165, 1.54) is 4.90 Å². The quantitative estimate of drug-likeness (QED) is 0.735. The third-order valence-electron chi connectivity index (χ3n) is 3.02. The number of hydrogen-bond donors (Lipinski definition) is 0. The first-order valence-corrected chi connectivity index (χ1v) is 6.95. The number of benzene rings is 1. The number of amides is 2. The molecule has 1 heterocycles. The van der Waals surface area contributed by atoms with Gasteiger partial charge in [-0.1, -0.05) is 17.7 Å². The van der Waals surface area contributed by atoms with E-state index in [1.54, 1.807) is 26.8 Å². The van der Waals surface area contributed by atoms with Gasteiger partial charge in [-0.25, -0.2) is 9.69 Å². The van der Waals surface area contributed by atoms with Crippen LogP contribution in [-0.4, -0.2) is 22.5 Å². The highest BCUT2D eigenvalue weighted by Crippen LogP contribution is 2.24. The van der Waals surface area contributed by atoms with E-state index in [9.17, 15) is 9.59 Å². The molecule has 2 rings (SSSR count). The molecule has 1 aliphatic rings. The number of aryl methyl sites for hydroxylation is 1. The van der Waals surface area contributed by atoms with Crippen LogP contribution in [0.1, 0.15) is 38.3 Å². The van der Waals surface area contributed by atoms with Crippen LogP contribution >= 0.6 is 11.6 Å². The molecule has 20 heavy (non-hydrogen) atoms. The zero-order valence-electron chi connectivity index (χ0n) is 11.9. The van der Waals surface area contributed by atoms with E-state index < -0.39 is 11.7 Å². The Balaban J connectivity index is 2.24. The fourth-order valence-electron chi connectivity index (χ4n) is 2.10. The second kappa shape index (κ2) is 5.44. The summed E-state index contributed by atoms with van der Waals surface area (Å²) in [5.74, 6) is -0.216. The molecule has 4 nitrogen and oxygen atoms in total. The summed E-state index contributed by atoms with van der Waals surface area (Å²) in [6.07, 6.45) is 0.283. The van der Waals surface area contributed by atoms with Crippen molar-refractivity contribution in [2.24, 2.45) is 0 Å². The Kier molecular flexibility index (Phi) is 4.04. The van der Waals surface area contributed by atoms with E-state index in [1.807, 2.05) is 12.1 Å². The fraction of sp³-hybridized carbons (Fsp3) is 0.467. The van der Waals surface area contributed by atoms with Crippen molar-refractivity contribution in [1.82, 2.24) is 4.90 Å². The summed E-state index contributed by atoms with van der Waals surface area (Å²) in [4.78, 5) is 25.4. The van der Waals surface area contributed by atoms with Gasteiger partial charge in [-0.05, 0) is 50.5 Å². The van der Waals surface area contributed by atoms with E-state index in [0.717, 1.165) is 11.1 Å². The molecule has 0 unspecified atom stereocenters. The van der Waals surface area contributed by atoms with Crippen molar-refractivity contribution in [3.63, 3.8) is 0 Å². The number of imide groups is 1. The molecule has 0 saturated heterocycles. The summed E-state index contributed by atoms with van der Waals surface area (Å²) >= 11 is 5.96. The van der Waals surface area contributed by atoms with Gasteiger partial charge in [0.25, 0.3) is 0 Å². The topological polar surface area (TPSA) is 46.6 Å². The molecule has 0 saturated carbocycles. The van der Waals surface area contributed by atoms with Crippen molar-refractivity contribution in [1.29, 1.82) is 0 Å². The summed E-state index contributed by atoms with van der Waals surface area (Å²) in [6.45, 7) is 5.57. The van der Waals surface area contributed by atoms with Gasteiger partial charge in [0.2, 0.25) is 5.91 Å². The molecule has 108 valence electrons. The van der Waals surface area contributed by atoms with Crippen LogP contribution in [0.5, 0.6) is 0 Å². The number of nitrogens with zero attached hydrogens (tertiary/aromatic N) is 1. The lowest BCUT2D eigenvalue weighted by Gasteiger charge is -2.25. The summed E-state index contributed by atoms with van der Waals surface area (Å²) in [5.41, 5.74) is 1.33. The predicted octanol–water partition coefficient (Wildman–Crippen LogP) is 3.55. The smallest absolute Gasteiger partial charge is 0.417 e. The van der Waals surface area contributed by atoms with E-state index in [0.29, 0.717) is 11.4 Å². The van der Waals surface area contributed by atoms with Gasteiger partial charge in [-0.3, -0.25) is 4.79 Å². The summed E-state index contributed by atoms with van der Waals surface area (Å²) in [5, 5.41) is 0.641. The number of hydrogen-bond acceptors (Lipinski definition) is 3. The number of carbonyl (C=O) groups excluding carboxylic acids is 2. The van der Waals surface area contributed by atoms with E-state index >= 15 is 0 Å². The SMILES string of the molecule is CC(C)(C)OC(=O)N1Cc2ccc(Cl)cc2CCC1=O. The van der Waals surface area contributed by atoms with Crippen LogP contribution < -0.4 is 0 Å². The number of ether oxygens (including phenoxy) is 1. The van der Waals surface area contributed by atoms with Crippen LogP contribution in [0.15, 0.2) is 18.2 Å². The number of carbonyl (C=O) groups is 2. The molecule has 1 aromatic carbocycles. The molecular formula is C15H18ClNO3. The lowest BCUT2D eigenvalue weighted by molar-refractivity contribution is -0.130. The van der Waals surface area contributed by atoms with Crippen LogP contribution in [-0.2, 0) is 22.5 Å². The van der Waals surface area contributed by atoms with E-state index in [2.05, 4.69) is 0 Å². The van der Waals surface area contributed by atoms with Crippen molar-refractivity contribution >= 4 is 23.6 Å². The van der Waals surface area contributed by atoms with Gasteiger partial charge in [0.15, 0.2) is 0 Å². The number of rotatable bonds is 0. The fourth-order valence-corrected chi connectivity index (χ4v) is 2.29. The second-order valence-corrected chi connectivity index (χ2v) is 6.31. The average Bonchev–Trinajstić information content (AvgIpc) is 2.47. The molecule has 0 radical (unpaired) electrons. The minimum atomic E-state index is -0.619. The Morgan fingerprint density at radius 3 is 2.60 bits per heavy atom. The summed E-state index contributed by atoms with van der Waals surface area (Å²) in [6, 6.07) is 5.47.